The van der Waals surface area contributed by atoms with E-state index in [1.165, 1.54) is 33.3 Å². The monoisotopic (exact) mass is 360 g/mol. The van der Waals surface area contributed by atoms with Crippen LogP contribution >= 0.6 is 0 Å². The fraction of sp³-hybridized carbons (Fsp3) is 0.333. The first-order valence-electron chi connectivity index (χ1n) is 9.64. The van der Waals surface area contributed by atoms with Crippen molar-refractivity contribution in [1.29, 1.82) is 0 Å². The zero-order valence-electron chi connectivity index (χ0n) is 16.7. The molecule has 1 unspecified atom stereocenters. The molecule has 0 saturated carbocycles. The van der Waals surface area contributed by atoms with Gasteiger partial charge in [0.1, 0.15) is 5.75 Å². The van der Waals surface area contributed by atoms with Crippen molar-refractivity contribution in [3.63, 3.8) is 0 Å². The highest BCUT2D eigenvalue weighted by Gasteiger charge is 2.36. The van der Waals surface area contributed by atoms with Crippen LogP contribution < -0.4 is 4.74 Å². The van der Waals surface area contributed by atoms with E-state index in [0.717, 1.165) is 25.0 Å². The molecule has 3 nitrogen and oxygen atoms in total. The first-order valence-corrected chi connectivity index (χ1v) is 9.64. The molecule has 0 aliphatic heterocycles. The lowest BCUT2D eigenvalue weighted by Gasteiger charge is -2.43. The van der Waals surface area contributed by atoms with E-state index < -0.39 is 0 Å². The number of hydrogen-bond donors (Lipinski definition) is 1. The van der Waals surface area contributed by atoms with E-state index >= 15 is 0 Å². The van der Waals surface area contributed by atoms with Gasteiger partial charge in [0.05, 0.1) is 7.11 Å². The second-order valence-electron chi connectivity index (χ2n) is 7.76. The van der Waals surface area contributed by atoms with Gasteiger partial charge in [-0.1, -0.05) is 36.4 Å². The molecule has 1 atom stereocenters. The second-order valence-corrected chi connectivity index (χ2v) is 7.76. The Hall–Kier alpha value is -2.52. The predicted octanol–water partition coefficient (Wildman–Crippen LogP) is 5.51. The van der Waals surface area contributed by atoms with Gasteiger partial charge in [-0.2, -0.15) is 0 Å². The van der Waals surface area contributed by atoms with Gasteiger partial charge >= 0.3 is 0 Å². The Balaban J connectivity index is 1.71. The van der Waals surface area contributed by atoms with Crippen molar-refractivity contribution >= 4 is 16.5 Å². The fourth-order valence-electron chi connectivity index (χ4n) is 4.49. The molecule has 140 valence electrons. The first kappa shape index (κ1) is 17.9. The number of benzene rings is 2. The Morgan fingerprint density at radius 2 is 1.85 bits per heavy atom. The van der Waals surface area contributed by atoms with Crippen molar-refractivity contribution in [2.45, 2.75) is 31.7 Å². The minimum Gasteiger partial charge on any atom is -0.497 e. The number of rotatable bonds is 4. The van der Waals surface area contributed by atoms with Gasteiger partial charge in [0, 0.05) is 22.1 Å². The smallest absolute Gasteiger partial charge is 0.119 e. The van der Waals surface area contributed by atoms with Gasteiger partial charge in [0.25, 0.3) is 0 Å². The summed E-state index contributed by atoms with van der Waals surface area (Å²) < 4.78 is 5.40. The topological polar surface area (TPSA) is 28.3 Å². The first-order chi connectivity index (χ1) is 13.0. The summed E-state index contributed by atoms with van der Waals surface area (Å²) in [4.78, 5) is 6.03. The number of H-pyrrole nitrogens is 1. The van der Waals surface area contributed by atoms with Crippen LogP contribution in [-0.2, 0) is 5.54 Å². The van der Waals surface area contributed by atoms with Crippen LogP contribution in [-0.4, -0.2) is 31.1 Å². The van der Waals surface area contributed by atoms with Gasteiger partial charge < -0.3 is 9.72 Å². The number of hydrogen-bond acceptors (Lipinski definition) is 2. The molecule has 1 aromatic heterocycles. The Bertz CT molecular complexity index is 984. The molecule has 2 aromatic carbocycles. The van der Waals surface area contributed by atoms with Crippen molar-refractivity contribution in [2.75, 3.05) is 21.2 Å². The molecular weight excluding hydrogens is 332 g/mol. The standard InChI is InChI=1S/C24H28N2O/c1-17-21-16-20(27-4)10-11-22(21)25-23(17)18-12-14-24(15-13-18,26(2)3)19-8-6-5-7-9-19/h5-12,16,25H,13-15H2,1-4H3. The Morgan fingerprint density at radius 1 is 1.07 bits per heavy atom. The molecule has 0 saturated heterocycles. The van der Waals surface area contributed by atoms with Crippen LogP contribution in [0.2, 0.25) is 0 Å². The third-order valence-electron chi connectivity index (χ3n) is 6.25. The van der Waals surface area contributed by atoms with E-state index in [1.807, 2.05) is 6.07 Å². The maximum atomic E-state index is 5.40. The molecular formula is C24H28N2O. The summed E-state index contributed by atoms with van der Waals surface area (Å²) in [6.45, 7) is 2.21. The normalized spacial score (nSPS) is 20.1. The minimum absolute atomic E-state index is 0.0773. The van der Waals surface area contributed by atoms with Gasteiger partial charge in [-0.15, -0.1) is 0 Å². The third kappa shape index (κ3) is 2.96. The van der Waals surface area contributed by atoms with Gasteiger partial charge in [-0.3, -0.25) is 4.90 Å². The van der Waals surface area contributed by atoms with Gasteiger partial charge in [-0.25, -0.2) is 0 Å². The number of nitrogens with zero attached hydrogens (tertiary/aromatic N) is 1. The summed E-state index contributed by atoms with van der Waals surface area (Å²) >= 11 is 0. The summed E-state index contributed by atoms with van der Waals surface area (Å²) in [6, 6.07) is 17.2. The van der Waals surface area contributed by atoms with Crippen molar-refractivity contribution in [2.24, 2.45) is 0 Å². The number of nitrogens with one attached hydrogen (secondary N) is 1. The van der Waals surface area contributed by atoms with Crippen LogP contribution in [0.25, 0.3) is 16.5 Å². The molecule has 1 N–H and O–H groups in total. The molecule has 0 fully saturated rings. The van der Waals surface area contributed by atoms with Crippen LogP contribution in [0.5, 0.6) is 5.75 Å². The highest BCUT2D eigenvalue weighted by Crippen LogP contribution is 2.43. The maximum absolute atomic E-state index is 5.40. The SMILES string of the molecule is COc1ccc2[nH]c(C3=CCC(c4ccccc4)(N(C)C)CC3)c(C)c2c1. The molecule has 0 amide bonds. The molecule has 1 aliphatic carbocycles. The molecule has 1 aliphatic rings. The number of fused-ring (bicyclic) bond motifs is 1. The van der Waals surface area contributed by atoms with E-state index in [-0.39, 0.29) is 5.54 Å². The van der Waals surface area contributed by atoms with Gasteiger partial charge in [-0.05, 0) is 75.2 Å². The molecule has 0 spiro atoms. The number of aromatic nitrogens is 1. The van der Waals surface area contributed by atoms with E-state index in [9.17, 15) is 0 Å². The second kappa shape index (κ2) is 6.90. The number of aryl methyl sites for hydroxylation is 1. The molecule has 3 aromatic rings. The molecule has 0 bridgehead atoms. The lowest BCUT2D eigenvalue weighted by Crippen LogP contribution is -2.42. The number of aromatic amines is 1. The van der Waals surface area contributed by atoms with Crippen LogP contribution in [0.3, 0.4) is 0 Å². The fourth-order valence-corrected chi connectivity index (χ4v) is 4.49. The van der Waals surface area contributed by atoms with Crippen LogP contribution in [0.15, 0.2) is 54.6 Å². The highest BCUT2D eigenvalue weighted by atomic mass is 16.5. The Kier molecular flexibility index (Phi) is 4.56. The maximum Gasteiger partial charge on any atom is 0.119 e. The van der Waals surface area contributed by atoms with Crippen LogP contribution in [0.4, 0.5) is 0 Å². The Labute approximate surface area is 161 Å². The van der Waals surface area contributed by atoms with E-state index in [2.05, 4.69) is 79.4 Å². The van der Waals surface area contributed by atoms with Crippen LogP contribution in [0.1, 0.15) is 36.1 Å². The summed E-state index contributed by atoms with van der Waals surface area (Å²) in [5, 5.41) is 1.25. The number of ether oxygens (including phenoxy) is 1. The molecule has 0 radical (unpaired) electrons. The average Bonchev–Trinajstić information content (AvgIpc) is 3.04. The summed E-state index contributed by atoms with van der Waals surface area (Å²) in [5.74, 6) is 0.907. The van der Waals surface area contributed by atoms with Crippen LogP contribution in [0, 0.1) is 6.92 Å². The third-order valence-corrected chi connectivity index (χ3v) is 6.25. The molecule has 1 heterocycles. The average molecular weight is 361 g/mol. The van der Waals surface area contributed by atoms with Gasteiger partial charge in [0.15, 0.2) is 0 Å². The summed E-state index contributed by atoms with van der Waals surface area (Å²) in [5.41, 5.74) is 6.68. The molecule has 4 rings (SSSR count). The molecule has 27 heavy (non-hydrogen) atoms. The number of allylic oxidation sites excluding steroid dienone is 1. The summed E-state index contributed by atoms with van der Waals surface area (Å²) in [7, 11) is 6.12. The number of methoxy groups -OCH3 is 1. The van der Waals surface area contributed by atoms with E-state index in [4.69, 9.17) is 4.74 Å². The lowest BCUT2D eigenvalue weighted by atomic mass is 9.75. The zero-order valence-corrected chi connectivity index (χ0v) is 16.7. The molecule has 3 heteroatoms. The van der Waals surface area contributed by atoms with Crippen molar-refractivity contribution in [1.82, 2.24) is 9.88 Å². The summed E-state index contributed by atoms with van der Waals surface area (Å²) in [6.07, 6.45) is 5.65. The minimum atomic E-state index is 0.0773. The predicted molar refractivity (Wildman–Crippen MR) is 113 cm³/mol. The van der Waals surface area contributed by atoms with E-state index in [0.29, 0.717) is 0 Å². The lowest BCUT2D eigenvalue weighted by molar-refractivity contribution is 0.138. The highest BCUT2D eigenvalue weighted by molar-refractivity contribution is 5.90. The van der Waals surface area contributed by atoms with Crippen molar-refractivity contribution in [3.05, 3.63) is 71.4 Å². The van der Waals surface area contributed by atoms with E-state index in [1.54, 1.807) is 7.11 Å². The van der Waals surface area contributed by atoms with Gasteiger partial charge in [0.2, 0.25) is 0 Å². The largest absolute Gasteiger partial charge is 0.497 e. The van der Waals surface area contributed by atoms with Crippen molar-refractivity contribution in [3.8, 4) is 5.75 Å². The zero-order chi connectivity index (χ0) is 19.0. The quantitative estimate of drug-likeness (QED) is 0.664. The Morgan fingerprint density at radius 3 is 2.48 bits per heavy atom. The van der Waals surface area contributed by atoms with Crippen molar-refractivity contribution < 1.29 is 4.74 Å².